The SMILES string of the molecule is CC(C)CCS(=O)(=O)N1CCCC1CCCO. The van der Waals surface area contributed by atoms with Gasteiger partial charge < -0.3 is 5.11 Å². The van der Waals surface area contributed by atoms with Crippen LogP contribution in [-0.4, -0.2) is 42.8 Å². The van der Waals surface area contributed by atoms with Crippen LogP contribution in [0.1, 0.15) is 46.0 Å². The highest BCUT2D eigenvalue weighted by molar-refractivity contribution is 7.89. The van der Waals surface area contributed by atoms with E-state index in [1.54, 1.807) is 4.31 Å². The van der Waals surface area contributed by atoms with Crippen LogP contribution in [0.15, 0.2) is 0 Å². The number of nitrogens with zero attached hydrogens (tertiary/aromatic N) is 1. The molecule has 1 fully saturated rings. The lowest BCUT2D eigenvalue weighted by atomic mass is 10.1. The summed E-state index contributed by atoms with van der Waals surface area (Å²) in [7, 11) is -3.08. The molecule has 4 nitrogen and oxygen atoms in total. The number of aliphatic hydroxyl groups excluding tert-OH is 1. The molecule has 102 valence electrons. The van der Waals surface area contributed by atoms with Gasteiger partial charge in [-0.15, -0.1) is 0 Å². The van der Waals surface area contributed by atoms with Crippen molar-refractivity contribution in [2.75, 3.05) is 18.9 Å². The summed E-state index contributed by atoms with van der Waals surface area (Å²) < 4.78 is 26.0. The van der Waals surface area contributed by atoms with Crippen molar-refractivity contribution < 1.29 is 13.5 Å². The van der Waals surface area contributed by atoms with E-state index in [-0.39, 0.29) is 18.4 Å². The van der Waals surface area contributed by atoms with Gasteiger partial charge in [0.05, 0.1) is 5.75 Å². The fraction of sp³-hybridized carbons (Fsp3) is 1.00. The Morgan fingerprint density at radius 3 is 2.71 bits per heavy atom. The van der Waals surface area contributed by atoms with Crippen LogP contribution in [0.3, 0.4) is 0 Å². The molecule has 0 spiro atoms. The van der Waals surface area contributed by atoms with Crippen molar-refractivity contribution in [2.24, 2.45) is 5.92 Å². The smallest absolute Gasteiger partial charge is 0.214 e. The molecule has 0 amide bonds. The van der Waals surface area contributed by atoms with Gasteiger partial charge in [-0.25, -0.2) is 8.42 Å². The minimum absolute atomic E-state index is 0.124. The van der Waals surface area contributed by atoms with Gasteiger partial charge in [0, 0.05) is 19.2 Å². The molecule has 1 heterocycles. The Morgan fingerprint density at radius 1 is 1.41 bits per heavy atom. The van der Waals surface area contributed by atoms with Crippen LogP contribution in [0.5, 0.6) is 0 Å². The quantitative estimate of drug-likeness (QED) is 0.759. The average molecular weight is 263 g/mol. The minimum Gasteiger partial charge on any atom is -0.396 e. The molecule has 1 N–H and O–H groups in total. The second-order valence-corrected chi connectivity index (χ2v) is 7.31. The van der Waals surface area contributed by atoms with Crippen molar-refractivity contribution in [2.45, 2.75) is 52.0 Å². The van der Waals surface area contributed by atoms with Gasteiger partial charge in [0.25, 0.3) is 0 Å². The van der Waals surface area contributed by atoms with E-state index in [9.17, 15) is 8.42 Å². The predicted octanol–water partition coefficient (Wildman–Crippen LogP) is 1.60. The molecule has 0 radical (unpaired) electrons. The van der Waals surface area contributed by atoms with Crippen LogP contribution in [0, 0.1) is 5.92 Å². The third kappa shape index (κ3) is 4.56. The first kappa shape index (κ1) is 14.9. The van der Waals surface area contributed by atoms with Gasteiger partial charge in [0.1, 0.15) is 0 Å². The molecule has 0 aromatic carbocycles. The van der Waals surface area contributed by atoms with Crippen LogP contribution in [0.2, 0.25) is 0 Å². The summed E-state index contributed by atoms with van der Waals surface area (Å²) >= 11 is 0. The first-order chi connectivity index (χ1) is 7.97. The maximum Gasteiger partial charge on any atom is 0.214 e. The van der Waals surface area contributed by atoms with E-state index in [0.29, 0.717) is 18.9 Å². The van der Waals surface area contributed by atoms with Crippen LogP contribution in [0.25, 0.3) is 0 Å². The highest BCUT2D eigenvalue weighted by Crippen LogP contribution is 2.25. The Bertz CT molecular complexity index is 314. The number of hydrogen-bond acceptors (Lipinski definition) is 3. The summed E-state index contributed by atoms with van der Waals surface area (Å²) in [5.41, 5.74) is 0. The van der Waals surface area contributed by atoms with E-state index in [1.807, 2.05) is 13.8 Å². The van der Waals surface area contributed by atoms with E-state index < -0.39 is 10.0 Å². The van der Waals surface area contributed by atoms with Gasteiger partial charge in [-0.2, -0.15) is 4.31 Å². The molecule has 1 rings (SSSR count). The Morgan fingerprint density at radius 2 is 2.12 bits per heavy atom. The molecule has 0 bridgehead atoms. The zero-order valence-corrected chi connectivity index (χ0v) is 11.7. The number of sulfonamides is 1. The molecule has 0 saturated carbocycles. The fourth-order valence-corrected chi connectivity index (χ4v) is 4.37. The standard InChI is InChI=1S/C12H25NO3S/c1-11(2)7-10-17(15,16)13-8-3-5-12(13)6-4-9-14/h11-12,14H,3-10H2,1-2H3. The average Bonchev–Trinajstić information content (AvgIpc) is 2.72. The number of rotatable bonds is 7. The second-order valence-electron chi connectivity index (χ2n) is 5.27. The molecule has 1 aliphatic rings. The summed E-state index contributed by atoms with van der Waals surface area (Å²) in [6.07, 6.45) is 4.11. The lowest BCUT2D eigenvalue weighted by Crippen LogP contribution is -2.37. The Kier molecular flexibility index (Phi) is 5.89. The summed E-state index contributed by atoms with van der Waals surface area (Å²) in [5, 5.41) is 8.82. The highest BCUT2D eigenvalue weighted by Gasteiger charge is 2.33. The predicted molar refractivity (Wildman–Crippen MR) is 69.3 cm³/mol. The van der Waals surface area contributed by atoms with E-state index in [4.69, 9.17) is 5.11 Å². The lowest BCUT2D eigenvalue weighted by Gasteiger charge is -2.24. The van der Waals surface area contributed by atoms with Gasteiger partial charge >= 0.3 is 0 Å². The normalized spacial score (nSPS) is 22.5. The zero-order chi connectivity index (χ0) is 12.9. The van der Waals surface area contributed by atoms with Crippen LogP contribution < -0.4 is 0 Å². The summed E-state index contributed by atoms with van der Waals surface area (Å²) in [6.45, 7) is 4.90. The minimum atomic E-state index is -3.08. The molecule has 5 heteroatoms. The second kappa shape index (κ2) is 6.71. The summed E-state index contributed by atoms with van der Waals surface area (Å²) in [4.78, 5) is 0. The first-order valence-corrected chi connectivity index (χ1v) is 8.18. The molecule has 0 aromatic rings. The van der Waals surface area contributed by atoms with E-state index in [1.165, 1.54) is 0 Å². The van der Waals surface area contributed by atoms with Crippen molar-refractivity contribution >= 4 is 10.0 Å². The topological polar surface area (TPSA) is 57.6 Å². The van der Waals surface area contributed by atoms with Crippen molar-refractivity contribution in [3.63, 3.8) is 0 Å². The van der Waals surface area contributed by atoms with Crippen molar-refractivity contribution in [3.05, 3.63) is 0 Å². The largest absolute Gasteiger partial charge is 0.396 e. The van der Waals surface area contributed by atoms with E-state index >= 15 is 0 Å². The molecule has 0 aromatic heterocycles. The van der Waals surface area contributed by atoms with Gasteiger partial charge in [0.15, 0.2) is 0 Å². The molecule has 1 aliphatic heterocycles. The lowest BCUT2D eigenvalue weighted by molar-refractivity contribution is 0.264. The van der Waals surface area contributed by atoms with Crippen molar-refractivity contribution in [1.29, 1.82) is 0 Å². The van der Waals surface area contributed by atoms with E-state index in [2.05, 4.69) is 0 Å². The monoisotopic (exact) mass is 263 g/mol. The summed E-state index contributed by atoms with van der Waals surface area (Å²) in [5.74, 6) is 0.684. The van der Waals surface area contributed by atoms with Gasteiger partial charge in [-0.3, -0.25) is 0 Å². The van der Waals surface area contributed by atoms with Crippen LogP contribution in [0.4, 0.5) is 0 Å². The van der Waals surface area contributed by atoms with Gasteiger partial charge in [0.2, 0.25) is 10.0 Å². The van der Waals surface area contributed by atoms with Crippen LogP contribution >= 0.6 is 0 Å². The first-order valence-electron chi connectivity index (χ1n) is 6.57. The van der Waals surface area contributed by atoms with Gasteiger partial charge in [-0.1, -0.05) is 13.8 Å². The molecular formula is C12H25NO3S. The maximum absolute atomic E-state index is 12.2. The number of hydrogen-bond donors (Lipinski definition) is 1. The molecular weight excluding hydrogens is 238 g/mol. The Balaban J connectivity index is 2.56. The van der Waals surface area contributed by atoms with Crippen LogP contribution in [-0.2, 0) is 10.0 Å². The third-order valence-corrected chi connectivity index (χ3v) is 5.28. The van der Waals surface area contributed by atoms with Crippen molar-refractivity contribution in [1.82, 2.24) is 4.31 Å². The van der Waals surface area contributed by atoms with E-state index in [0.717, 1.165) is 25.7 Å². The fourth-order valence-electron chi connectivity index (χ4n) is 2.29. The Hall–Kier alpha value is -0.130. The third-order valence-electron chi connectivity index (χ3n) is 3.33. The van der Waals surface area contributed by atoms with Gasteiger partial charge in [-0.05, 0) is 38.0 Å². The van der Waals surface area contributed by atoms with Crippen molar-refractivity contribution in [3.8, 4) is 0 Å². The maximum atomic E-state index is 12.2. The highest BCUT2D eigenvalue weighted by atomic mass is 32.2. The molecule has 0 aliphatic carbocycles. The Labute approximate surface area is 105 Å². The zero-order valence-electron chi connectivity index (χ0n) is 10.9. The summed E-state index contributed by atoms with van der Waals surface area (Å²) in [6, 6.07) is 0.124. The molecule has 1 unspecified atom stereocenters. The molecule has 1 saturated heterocycles. The number of aliphatic hydroxyl groups is 1. The molecule has 17 heavy (non-hydrogen) atoms. The molecule has 1 atom stereocenters.